The van der Waals surface area contributed by atoms with Gasteiger partial charge in [0.05, 0.1) is 12.1 Å². The molecular formula is C30H36N4O5. The van der Waals surface area contributed by atoms with E-state index in [9.17, 15) is 19.5 Å². The van der Waals surface area contributed by atoms with Crippen LogP contribution in [0.2, 0.25) is 0 Å². The second-order valence-corrected chi connectivity index (χ2v) is 9.53. The number of rotatable bonds is 13. The van der Waals surface area contributed by atoms with Gasteiger partial charge in [-0.05, 0) is 41.2 Å². The normalized spacial score (nSPS) is 14.8. The molecule has 0 fully saturated rings. The van der Waals surface area contributed by atoms with Gasteiger partial charge in [-0.3, -0.25) is 14.6 Å². The molecule has 9 nitrogen and oxygen atoms in total. The lowest BCUT2D eigenvalue weighted by atomic mass is 9.79. The summed E-state index contributed by atoms with van der Waals surface area (Å²) in [6.45, 7) is 3.64. The minimum Gasteiger partial charge on any atom is -0.445 e. The molecule has 39 heavy (non-hydrogen) atoms. The number of aliphatic hydroxyl groups is 1. The van der Waals surface area contributed by atoms with Crippen LogP contribution in [-0.4, -0.2) is 45.6 Å². The van der Waals surface area contributed by atoms with E-state index in [2.05, 4.69) is 15.6 Å². The summed E-state index contributed by atoms with van der Waals surface area (Å²) in [7, 11) is 0. The molecule has 9 heteroatoms. The molecule has 0 saturated heterocycles. The number of aromatic nitrogens is 1. The molecule has 3 rings (SSSR count). The summed E-state index contributed by atoms with van der Waals surface area (Å²) in [6, 6.07) is 19.0. The molecule has 2 aromatic carbocycles. The van der Waals surface area contributed by atoms with Crippen molar-refractivity contribution in [2.75, 3.05) is 0 Å². The Kier molecular flexibility index (Phi) is 10.7. The standard InChI is InChI=1S/C30H36N4O5/c1-3-21(2)26(34-29(37)39-20-24-12-8-5-9-13-24)27(35)30(38,25(31)18-22-10-6-4-7-11-22)28(36)33-19-23-14-16-32-17-15-23/h4-17,21,25-26,38H,3,18-20,31H2,1-2H3,(H,33,36)(H,34,37)/t21-,25-,26-,30+/m0/s1. The largest absolute Gasteiger partial charge is 0.445 e. The second kappa shape index (κ2) is 14.2. The number of pyridine rings is 1. The van der Waals surface area contributed by atoms with Crippen LogP contribution in [0.3, 0.4) is 0 Å². The molecule has 0 radical (unpaired) electrons. The summed E-state index contributed by atoms with van der Waals surface area (Å²) in [4.78, 5) is 44.2. The fourth-order valence-corrected chi connectivity index (χ4v) is 4.13. The fraction of sp³-hybridized carbons (Fsp3) is 0.333. The summed E-state index contributed by atoms with van der Waals surface area (Å²) in [6.07, 6.45) is 2.84. The van der Waals surface area contributed by atoms with Crippen LogP contribution >= 0.6 is 0 Å². The van der Waals surface area contributed by atoms with Crippen LogP contribution in [0.25, 0.3) is 0 Å². The molecule has 206 valence electrons. The highest BCUT2D eigenvalue weighted by molar-refractivity contribution is 6.12. The lowest BCUT2D eigenvalue weighted by Gasteiger charge is -2.36. The molecule has 0 aliphatic carbocycles. The first-order valence-electron chi connectivity index (χ1n) is 13.0. The molecule has 0 unspecified atom stereocenters. The molecule has 0 bridgehead atoms. The van der Waals surface area contributed by atoms with E-state index < -0.39 is 41.4 Å². The molecule has 4 atom stereocenters. The number of hydrogen-bond acceptors (Lipinski definition) is 7. The van der Waals surface area contributed by atoms with Gasteiger partial charge in [0.1, 0.15) is 6.61 Å². The summed E-state index contributed by atoms with van der Waals surface area (Å²) in [5.74, 6) is -2.27. The van der Waals surface area contributed by atoms with Gasteiger partial charge >= 0.3 is 6.09 Å². The number of alkyl carbamates (subject to hydrolysis) is 1. The number of nitrogens with two attached hydrogens (primary N) is 1. The van der Waals surface area contributed by atoms with Gasteiger partial charge in [0, 0.05) is 18.9 Å². The van der Waals surface area contributed by atoms with Gasteiger partial charge in [0.2, 0.25) is 5.60 Å². The molecule has 1 aromatic heterocycles. The van der Waals surface area contributed by atoms with E-state index in [0.717, 1.165) is 16.7 Å². The third kappa shape index (κ3) is 7.95. The van der Waals surface area contributed by atoms with Crippen molar-refractivity contribution < 1.29 is 24.2 Å². The van der Waals surface area contributed by atoms with E-state index in [0.29, 0.717) is 6.42 Å². The van der Waals surface area contributed by atoms with Crippen LogP contribution in [0, 0.1) is 5.92 Å². The van der Waals surface area contributed by atoms with E-state index in [4.69, 9.17) is 10.5 Å². The van der Waals surface area contributed by atoms with Crippen molar-refractivity contribution in [1.82, 2.24) is 15.6 Å². The molecule has 5 N–H and O–H groups in total. The zero-order chi connectivity index (χ0) is 28.3. The number of Topliss-reactive ketones (excluding diaryl/α,β-unsaturated/α-hetero) is 1. The Hall–Kier alpha value is -4.08. The Morgan fingerprint density at radius 1 is 0.949 bits per heavy atom. The summed E-state index contributed by atoms with van der Waals surface area (Å²) >= 11 is 0. The molecule has 1 heterocycles. The molecule has 2 amide bonds. The van der Waals surface area contributed by atoms with Crippen LogP contribution in [-0.2, 0) is 33.9 Å². The summed E-state index contributed by atoms with van der Waals surface area (Å²) in [5, 5.41) is 17.0. The number of carbonyl (C=O) groups excluding carboxylic acids is 3. The van der Waals surface area contributed by atoms with E-state index >= 15 is 0 Å². The van der Waals surface area contributed by atoms with Crippen molar-refractivity contribution >= 4 is 17.8 Å². The topological polar surface area (TPSA) is 144 Å². The average Bonchev–Trinajstić information content (AvgIpc) is 2.97. The van der Waals surface area contributed by atoms with E-state index in [1.54, 1.807) is 67.8 Å². The number of amides is 2. The number of nitrogens with one attached hydrogen (secondary N) is 2. The second-order valence-electron chi connectivity index (χ2n) is 9.53. The SMILES string of the molecule is CC[C@H](C)[C@H](NC(=O)OCc1ccccc1)C(=O)[C@@](O)(C(=O)NCc1ccncc1)[C@@H](N)Cc1ccccc1. The summed E-state index contributed by atoms with van der Waals surface area (Å²) in [5.41, 5.74) is 6.02. The minimum atomic E-state index is -2.64. The Bertz CT molecular complexity index is 1210. The number of carbonyl (C=O) groups is 3. The fourth-order valence-electron chi connectivity index (χ4n) is 4.13. The van der Waals surface area contributed by atoms with Crippen LogP contribution in [0.5, 0.6) is 0 Å². The number of nitrogens with zero attached hydrogens (tertiary/aromatic N) is 1. The minimum absolute atomic E-state index is 0.00169. The Morgan fingerprint density at radius 2 is 1.54 bits per heavy atom. The molecule has 0 aliphatic heterocycles. The zero-order valence-electron chi connectivity index (χ0n) is 22.2. The number of ether oxygens (including phenoxy) is 1. The van der Waals surface area contributed by atoms with Crippen molar-refractivity contribution in [3.05, 3.63) is 102 Å². The Morgan fingerprint density at radius 3 is 2.13 bits per heavy atom. The molecule has 3 aromatic rings. The van der Waals surface area contributed by atoms with E-state index in [1.807, 2.05) is 31.2 Å². The number of hydrogen-bond donors (Lipinski definition) is 4. The van der Waals surface area contributed by atoms with Gasteiger partial charge < -0.3 is 26.2 Å². The van der Waals surface area contributed by atoms with E-state index in [1.165, 1.54) is 0 Å². The van der Waals surface area contributed by atoms with Crippen LogP contribution in [0.4, 0.5) is 4.79 Å². The van der Waals surface area contributed by atoms with Crippen LogP contribution < -0.4 is 16.4 Å². The quantitative estimate of drug-likeness (QED) is 0.248. The van der Waals surface area contributed by atoms with Crippen molar-refractivity contribution in [3.63, 3.8) is 0 Å². The number of benzene rings is 2. The average molecular weight is 533 g/mol. The van der Waals surface area contributed by atoms with Gasteiger partial charge in [0.15, 0.2) is 5.78 Å². The lowest BCUT2D eigenvalue weighted by Crippen LogP contribution is -2.68. The van der Waals surface area contributed by atoms with Gasteiger partial charge in [0.25, 0.3) is 5.91 Å². The van der Waals surface area contributed by atoms with Gasteiger partial charge in [-0.2, -0.15) is 0 Å². The third-order valence-corrected chi connectivity index (χ3v) is 6.74. The molecule has 0 saturated carbocycles. The Labute approximate surface area is 228 Å². The lowest BCUT2D eigenvalue weighted by molar-refractivity contribution is -0.157. The predicted octanol–water partition coefficient (Wildman–Crippen LogP) is 2.91. The highest BCUT2D eigenvalue weighted by Gasteiger charge is 2.52. The third-order valence-electron chi connectivity index (χ3n) is 6.74. The summed E-state index contributed by atoms with van der Waals surface area (Å²) < 4.78 is 5.32. The first-order valence-corrected chi connectivity index (χ1v) is 13.0. The molecular weight excluding hydrogens is 496 g/mol. The van der Waals surface area contributed by atoms with Crippen molar-refractivity contribution in [1.29, 1.82) is 0 Å². The molecule has 0 spiro atoms. The highest BCUT2D eigenvalue weighted by Crippen LogP contribution is 2.23. The first-order chi connectivity index (χ1) is 18.8. The monoisotopic (exact) mass is 532 g/mol. The number of ketones is 1. The Balaban J connectivity index is 1.85. The maximum atomic E-state index is 14.0. The first kappa shape index (κ1) is 29.5. The van der Waals surface area contributed by atoms with Gasteiger partial charge in [-0.15, -0.1) is 0 Å². The van der Waals surface area contributed by atoms with Gasteiger partial charge in [-0.1, -0.05) is 80.9 Å². The van der Waals surface area contributed by atoms with Crippen LogP contribution in [0.1, 0.15) is 37.0 Å². The molecule has 0 aliphatic rings. The van der Waals surface area contributed by atoms with E-state index in [-0.39, 0.29) is 19.6 Å². The van der Waals surface area contributed by atoms with Crippen molar-refractivity contribution in [3.8, 4) is 0 Å². The van der Waals surface area contributed by atoms with Crippen molar-refractivity contribution in [2.24, 2.45) is 11.7 Å². The predicted molar refractivity (Wildman–Crippen MR) is 147 cm³/mol. The maximum absolute atomic E-state index is 14.0. The maximum Gasteiger partial charge on any atom is 0.408 e. The highest BCUT2D eigenvalue weighted by atomic mass is 16.5. The van der Waals surface area contributed by atoms with Crippen LogP contribution in [0.15, 0.2) is 85.2 Å². The zero-order valence-corrected chi connectivity index (χ0v) is 22.2. The van der Waals surface area contributed by atoms with Gasteiger partial charge in [-0.25, -0.2) is 4.79 Å². The van der Waals surface area contributed by atoms with Crippen molar-refractivity contribution in [2.45, 2.75) is 57.5 Å². The smallest absolute Gasteiger partial charge is 0.408 e.